The number of aliphatic hydroxyl groups is 1. The minimum atomic E-state index is -0.241. The van der Waals surface area contributed by atoms with Crippen LogP contribution in [-0.2, 0) is 24.0 Å². The lowest BCUT2D eigenvalue weighted by atomic mass is 9.99. The molecule has 2 rings (SSSR count). The number of aliphatic imine (C=N–C) groups is 2. The molecule has 0 radical (unpaired) electrons. The smallest absolute Gasteiger partial charge is 0.222 e. The fourth-order valence-electron chi connectivity index (χ4n) is 4.49. The van der Waals surface area contributed by atoms with Gasteiger partial charge in [0.1, 0.15) is 11.6 Å². The van der Waals surface area contributed by atoms with Crippen LogP contribution in [0.2, 0.25) is 0 Å². The van der Waals surface area contributed by atoms with Gasteiger partial charge in [-0.05, 0) is 85.1 Å². The molecule has 0 aliphatic heterocycles. The van der Waals surface area contributed by atoms with E-state index >= 15 is 0 Å². The van der Waals surface area contributed by atoms with E-state index in [4.69, 9.17) is 28.0 Å². The van der Waals surface area contributed by atoms with Crippen LogP contribution in [-0.4, -0.2) is 90.3 Å². The molecule has 2 heterocycles. The summed E-state index contributed by atoms with van der Waals surface area (Å²) in [5.74, 6) is 7.29. The van der Waals surface area contributed by atoms with Crippen molar-refractivity contribution in [3.8, 4) is 0 Å². The highest BCUT2D eigenvalue weighted by Crippen LogP contribution is 2.15. The zero-order chi connectivity index (χ0) is 69.4. The number of primary amides is 2. The van der Waals surface area contributed by atoms with Crippen LogP contribution in [0.25, 0.3) is 0 Å². The third-order valence-electron chi connectivity index (χ3n) is 10.3. The number of ketones is 1. The molecule has 0 aromatic carbocycles. The summed E-state index contributed by atoms with van der Waals surface area (Å²) in [6.07, 6.45) is 8.10. The zero-order valence-corrected chi connectivity index (χ0v) is 60.9. The number of rotatable bonds is 18. The van der Waals surface area contributed by atoms with Crippen LogP contribution in [0.3, 0.4) is 0 Å². The average molecular weight is 1210 g/mol. The monoisotopic (exact) mass is 1210 g/mol. The Balaban J connectivity index is -0.000000130. The molecule has 0 aliphatic carbocycles. The van der Waals surface area contributed by atoms with E-state index in [9.17, 15) is 24.0 Å². The SMILES string of the molecule is CC(C)/C=C(\O)C(C)C.CC(C)C(N)=O.CC(C)C(N)=O.CC(C)CC(=O)C(C)C.CC(C)N=C(N)C(C)C.CC(C)N=C(N)C(C)C.CC(C)NC(=O)C(C)C.CC(C)NC(=O)C(C)C.CC(C)c1cnc(C(C)C)[nH]1.CC(C)c1cnc[nH]1. The number of hydrogen-bond acceptors (Lipinski definition) is 10. The summed E-state index contributed by atoms with van der Waals surface area (Å²) in [6, 6.07) is 1.18. The summed E-state index contributed by atoms with van der Waals surface area (Å²) >= 11 is 0. The molecule has 2 aromatic heterocycles. The first kappa shape index (κ1) is 95.8. The molecular formula is C67H138N12O6. The van der Waals surface area contributed by atoms with Crippen molar-refractivity contribution in [2.75, 3.05) is 0 Å². The predicted octanol–water partition coefficient (Wildman–Crippen LogP) is 14.6. The number of imidazole rings is 2. The lowest BCUT2D eigenvalue weighted by molar-refractivity contribution is -0.125. The van der Waals surface area contributed by atoms with Gasteiger partial charge in [0.15, 0.2) is 0 Å². The number of carbonyl (C=O) groups is 5. The van der Waals surface area contributed by atoms with Crippen LogP contribution in [0.4, 0.5) is 0 Å². The van der Waals surface area contributed by atoms with Crippen LogP contribution in [0.15, 0.2) is 40.5 Å². The van der Waals surface area contributed by atoms with Crippen molar-refractivity contribution in [1.82, 2.24) is 30.6 Å². The highest BCUT2D eigenvalue weighted by atomic mass is 16.3. The number of carbonyl (C=O) groups excluding carboxylic acids is 5. The van der Waals surface area contributed by atoms with E-state index in [0.29, 0.717) is 65.1 Å². The first-order valence-corrected chi connectivity index (χ1v) is 31.2. The summed E-state index contributed by atoms with van der Waals surface area (Å²) in [5.41, 5.74) is 23.2. The maximum atomic E-state index is 11.0. The molecule has 2 aromatic rings. The quantitative estimate of drug-likeness (QED) is 0.0386. The fourth-order valence-corrected chi connectivity index (χ4v) is 4.49. The Morgan fingerprint density at radius 2 is 0.824 bits per heavy atom. The van der Waals surface area contributed by atoms with Gasteiger partial charge in [0.05, 0.1) is 23.8 Å². The number of amidine groups is 2. The summed E-state index contributed by atoms with van der Waals surface area (Å²) < 4.78 is 0. The molecule has 0 unspecified atom stereocenters. The Bertz CT molecular complexity index is 1850. The largest absolute Gasteiger partial charge is 0.512 e. The minimum absolute atomic E-state index is 0.00926. The number of hydrogen-bond donors (Lipinski definition) is 9. The Morgan fingerprint density at radius 1 is 0.482 bits per heavy atom. The van der Waals surface area contributed by atoms with E-state index in [2.05, 4.69) is 110 Å². The zero-order valence-electron chi connectivity index (χ0n) is 60.9. The van der Waals surface area contributed by atoms with Crippen molar-refractivity contribution >= 4 is 41.1 Å². The van der Waals surface area contributed by atoms with Crippen LogP contribution in [0, 0.1) is 59.2 Å². The highest BCUT2D eigenvalue weighted by molar-refractivity contribution is 5.83. The number of nitrogens with zero attached hydrogens (tertiary/aromatic N) is 4. The van der Waals surface area contributed by atoms with Gasteiger partial charge in [-0.1, -0.05) is 180 Å². The number of nitrogens with one attached hydrogen (secondary N) is 4. The Hall–Kier alpha value is -5.55. The van der Waals surface area contributed by atoms with Crippen molar-refractivity contribution < 1.29 is 29.1 Å². The first-order valence-electron chi connectivity index (χ1n) is 31.2. The Labute approximate surface area is 522 Å². The molecule has 0 saturated heterocycles. The normalized spacial score (nSPS) is 11.4. The first-order chi connectivity index (χ1) is 38.4. The van der Waals surface area contributed by atoms with E-state index in [-0.39, 0.29) is 71.2 Å². The number of nitrogens with two attached hydrogens (primary N) is 4. The second-order valence-electron chi connectivity index (χ2n) is 26.3. The van der Waals surface area contributed by atoms with Crippen molar-refractivity contribution in [2.45, 2.75) is 284 Å². The number of allylic oxidation sites excluding steroid dienone is 2. The Kier molecular flexibility index (Phi) is 63.4. The van der Waals surface area contributed by atoms with Gasteiger partial charge in [0.25, 0.3) is 0 Å². The number of amides is 4. The summed E-state index contributed by atoms with van der Waals surface area (Å²) in [4.78, 5) is 75.3. The number of aromatic amines is 2. The van der Waals surface area contributed by atoms with Gasteiger partial charge >= 0.3 is 0 Å². The summed E-state index contributed by atoms with van der Waals surface area (Å²) in [5, 5.41) is 14.8. The minimum Gasteiger partial charge on any atom is -0.512 e. The van der Waals surface area contributed by atoms with Crippen LogP contribution < -0.4 is 33.6 Å². The fraction of sp³-hybridized carbons (Fsp3) is 0.776. The third kappa shape index (κ3) is 74.5. The Morgan fingerprint density at radius 3 is 0.929 bits per heavy atom. The molecule has 0 atom stereocenters. The molecule has 0 aliphatic rings. The van der Waals surface area contributed by atoms with Gasteiger partial charge in [-0.15, -0.1) is 0 Å². The highest BCUT2D eigenvalue weighted by Gasteiger charge is 2.10. The van der Waals surface area contributed by atoms with Crippen LogP contribution in [0.1, 0.15) is 277 Å². The maximum Gasteiger partial charge on any atom is 0.222 e. The summed E-state index contributed by atoms with van der Waals surface area (Å²) in [6.45, 7) is 67.7. The molecule has 0 spiro atoms. The molecule has 18 heteroatoms. The van der Waals surface area contributed by atoms with Crippen LogP contribution in [0.5, 0.6) is 0 Å². The lowest BCUT2D eigenvalue weighted by Crippen LogP contribution is -2.33. The van der Waals surface area contributed by atoms with Gasteiger partial charge in [0, 0.05) is 108 Å². The van der Waals surface area contributed by atoms with E-state index in [1.165, 1.54) is 11.4 Å². The molecule has 4 amide bonds. The van der Waals surface area contributed by atoms with Crippen LogP contribution >= 0.6 is 0 Å². The van der Waals surface area contributed by atoms with E-state index in [1.54, 1.807) is 34.0 Å². The van der Waals surface area contributed by atoms with Gasteiger partial charge in [-0.2, -0.15) is 0 Å². The topological polar surface area (TPSA) is 316 Å². The number of Topliss-reactive ketones (excluding diaryl/α,β-unsaturated/α-hetero) is 1. The van der Waals surface area contributed by atoms with Gasteiger partial charge in [-0.25, -0.2) is 9.97 Å². The van der Waals surface area contributed by atoms with E-state index < -0.39 is 0 Å². The van der Waals surface area contributed by atoms with Crippen molar-refractivity contribution in [3.63, 3.8) is 0 Å². The van der Waals surface area contributed by atoms with E-state index in [0.717, 1.165) is 23.9 Å². The number of aromatic nitrogens is 4. The second kappa shape index (κ2) is 56.3. The molecule has 13 N–H and O–H groups in total. The van der Waals surface area contributed by atoms with Gasteiger partial charge in [-0.3, -0.25) is 34.0 Å². The molecule has 85 heavy (non-hydrogen) atoms. The third-order valence-corrected chi connectivity index (χ3v) is 10.3. The predicted molar refractivity (Wildman–Crippen MR) is 367 cm³/mol. The molecule has 18 nitrogen and oxygen atoms in total. The number of H-pyrrole nitrogens is 2. The molecule has 0 fully saturated rings. The van der Waals surface area contributed by atoms with E-state index in [1.807, 2.05) is 157 Å². The standard InChI is InChI=1S/C9H16N2.2C8H16O.2C7H16N2.2C7H15NO.C6H10N2.2C4H9NO/c1-6(2)8-5-10-9(11-8)7(3)4;2*1-6(2)5-8(9)7(3)4;2*1-5(2)7(8)9-6(3)4;2*1-5(2)7(9)8-6(3)4;1-5(2)6-3-7-4-8-6;2*1-3(2)4(5)6/h5-7H,1-4H3,(H,10,11);6-7H,5H2,1-4H3;5-7,9H,1-4H3;2*5-6H,1-4H3,(H2,8,9);2*5-6H,1-4H3,(H,8,9);3-5H,1-2H3,(H,7,8);2*3H,1-2H3,(H2,5,6)/b;;8-5-;;;;;;;. The molecule has 502 valence electrons. The van der Waals surface area contributed by atoms with Gasteiger partial charge in [0.2, 0.25) is 23.6 Å². The molecular weight excluding hydrogens is 1070 g/mol. The average Bonchev–Trinajstić information content (AvgIpc) is 4.07. The second-order valence-corrected chi connectivity index (χ2v) is 26.3. The number of aliphatic hydroxyl groups excluding tert-OH is 1. The molecule has 0 bridgehead atoms. The lowest BCUT2D eigenvalue weighted by Gasteiger charge is -2.09. The van der Waals surface area contributed by atoms with Gasteiger partial charge < -0.3 is 48.6 Å². The maximum absolute atomic E-state index is 11.0. The van der Waals surface area contributed by atoms with Crippen molar-refractivity contribution in [1.29, 1.82) is 0 Å². The van der Waals surface area contributed by atoms with Crippen molar-refractivity contribution in [2.24, 2.45) is 92.1 Å². The van der Waals surface area contributed by atoms with Crippen molar-refractivity contribution in [3.05, 3.63) is 47.8 Å². The summed E-state index contributed by atoms with van der Waals surface area (Å²) in [7, 11) is 0. The molecule has 0 saturated carbocycles.